The average Bonchev–Trinajstić information content (AvgIpc) is 2.48. The van der Waals surface area contributed by atoms with Crippen LogP contribution in [0.15, 0.2) is 30.3 Å². The molecule has 4 nitrogen and oxygen atoms in total. The molecule has 0 bridgehead atoms. The van der Waals surface area contributed by atoms with E-state index < -0.39 is 5.97 Å². The predicted molar refractivity (Wildman–Crippen MR) is 77.1 cm³/mol. The monoisotopic (exact) mass is 291 g/mol. The summed E-state index contributed by atoms with van der Waals surface area (Å²) < 4.78 is 12.9. The minimum Gasteiger partial charge on any atom is -0.481 e. The summed E-state index contributed by atoms with van der Waals surface area (Å²) in [4.78, 5) is 24.1. The van der Waals surface area contributed by atoms with Crippen LogP contribution in [-0.4, -0.2) is 35.0 Å². The molecule has 0 aliphatic carbocycles. The zero-order valence-corrected chi connectivity index (χ0v) is 11.7. The van der Waals surface area contributed by atoms with Gasteiger partial charge in [0.05, 0.1) is 0 Å². The standard InChI is InChI=1S/C16H18FNO3/c17-14-6-4-12(5-7-14)13-8-10-18(11-9-13)15(19)2-1-3-16(20)21/h4-8H,1-3,9-11H2,(H,20,21). The Morgan fingerprint density at radius 2 is 1.90 bits per heavy atom. The zero-order chi connectivity index (χ0) is 15.2. The summed E-state index contributed by atoms with van der Waals surface area (Å²) in [6.45, 7) is 1.15. The van der Waals surface area contributed by atoms with E-state index in [4.69, 9.17) is 5.11 Å². The van der Waals surface area contributed by atoms with Crippen molar-refractivity contribution in [2.24, 2.45) is 0 Å². The van der Waals surface area contributed by atoms with Crippen molar-refractivity contribution in [3.8, 4) is 0 Å². The number of nitrogens with zero attached hydrogens (tertiary/aromatic N) is 1. The first-order valence-corrected chi connectivity index (χ1v) is 7.01. The summed E-state index contributed by atoms with van der Waals surface area (Å²) in [7, 11) is 0. The third-order valence-corrected chi connectivity index (χ3v) is 3.56. The molecule has 21 heavy (non-hydrogen) atoms. The van der Waals surface area contributed by atoms with E-state index in [1.54, 1.807) is 17.0 Å². The molecule has 1 N–H and O–H groups in total. The number of hydrogen-bond donors (Lipinski definition) is 1. The van der Waals surface area contributed by atoms with Gasteiger partial charge in [0.1, 0.15) is 5.82 Å². The van der Waals surface area contributed by atoms with Crippen molar-refractivity contribution in [2.45, 2.75) is 25.7 Å². The number of halogens is 1. The van der Waals surface area contributed by atoms with Gasteiger partial charge in [-0.1, -0.05) is 18.2 Å². The summed E-state index contributed by atoms with van der Waals surface area (Å²) in [5, 5.41) is 8.56. The molecule has 0 aromatic heterocycles. The van der Waals surface area contributed by atoms with Gasteiger partial charge in [0.25, 0.3) is 0 Å². The van der Waals surface area contributed by atoms with Gasteiger partial charge in [-0.05, 0) is 36.1 Å². The van der Waals surface area contributed by atoms with Gasteiger partial charge in [-0.2, -0.15) is 0 Å². The topological polar surface area (TPSA) is 57.6 Å². The molecule has 1 aromatic carbocycles. The van der Waals surface area contributed by atoms with Crippen molar-refractivity contribution in [1.82, 2.24) is 4.90 Å². The van der Waals surface area contributed by atoms with Gasteiger partial charge >= 0.3 is 5.97 Å². The highest BCUT2D eigenvalue weighted by molar-refractivity contribution is 5.78. The summed E-state index contributed by atoms with van der Waals surface area (Å²) >= 11 is 0. The maximum Gasteiger partial charge on any atom is 0.303 e. The van der Waals surface area contributed by atoms with Gasteiger partial charge in [-0.3, -0.25) is 9.59 Å². The third kappa shape index (κ3) is 4.41. The van der Waals surface area contributed by atoms with Crippen molar-refractivity contribution in [3.63, 3.8) is 0 Å². The van der Waals surface area contributed by atoms with E-state index in [9.17, 15) is 14.0 Å². The van der Waals surface area contributed by atoms with Crippen molar-refractivity contribution in [2.75, 3.05) is 13.1 Å². The highest BCUT2D eigenvalue weighted by Crippen LogP contribution is 2.23. The van der Waals surface area contributed by atoms with Gasteiger partial charge in [0.2, 0.25) is 5.91 Å². The number of benzene rings is 1. The van der Waals surface area contributed by atoms with Crippen LogP contribution >= 0.6 is 0 Å². The quantitative estimate of drug-likeness (QED) is 0.907. The van der Waals surface area contributed by atoms with Gasteiger partial charge in [-0.25, -0.2) is 4.39 Å². The van der Waals surface area contributed by atoms with E-state index >= 15 is 0 Å². The maximum absolute atomic E-state index is 12.9. The first kappa shape index (κ1) is 15.2. The SMILES string of the molecule is O=C(O)CCCC(=O)N1CC=C(c2ccc(F)cc2)CC1. The molecule has 1 heterocycles. The Bertz CT molecular complexity index is 551. The fourth-order valence-corrected chi connectivity index (χ4v) is 2.37. The van der Waals surface area contributed by atoms with Crippen LogP contribution in [-0.2, 0) is 9.59 Å². The number of carboxylic acid groups (broad SMARTS) is 1. The van der Waals surface area contributed by atoms with Crippen molar-refractivity contribution < 1.29 is 19.1 Å². The molecule has 0 spiro atoms. The molecule has 2 rings (SSSR count). The molecule has 0 saturated carbocycles. The minimum atomic E-state index is -0.875. The number of rotatable bonds is 5. The molecule has 1 aliphatic rings. The number of amides is 1. The highest BCUT2D eigenvalue weighted by Gasteiger charge is 2.17. The highest BCUT2D eigenvalue weighted by atomic mass is 19.1. The number of carbonyl (C=O) groups excluding carboxylic acids is 1. The molecular formula is C16H18FNO3. The molecular weight excluding hydrogens is 273 g/mol. The number of carboxylic acids is 1. The Morgan fingerprint density at radius 1 is 1.19 bits per heavy atom. The van der Waals surface area contributed by atoms with Crippen molar-refractivity contribution in [3.05, 3.63) is 41.7 Å². The van der Waals surface area contributed by atoms with Crippen LogP contribution < -0.4 is 0 Å². The Kier molecular flexibility index (Phi) is 5.09. The van der Waals surface area contributed by atoms with Crippen LogP contribution in [0.4, 0.5) is 4.39 Å². The largest absolute Gasteiger partial charge is 0.481 e. The van der Waals surface area contributed by atoms with E-state index in [0.29, 0.717) is 19.5 Å². The molecule has 5 heteroatoms. The summed E-state index contributed by atoms with van der Waals surface area (Å²) in [6, 6.07) is 6.34. The van der Waals surface area contributed by atoms with Crippen LogP contribution in [0.25, 0.3) is 5.57 Å². The molecule has 1 aromatic rings. The Balaban J connectivity index is 1.87. The van der Waals surface area contributed by atoms with Crippen LogP contribution in [0.2, 0.25) is 0 Å². The van der Waals surface area contributed by atoms with E-state index in [2.05, 4.69) is 0 Å². The second-order valence-corrected chi connectivity index (χ2v) is 5.07. The van der Waals surface area contributed by atoms with Crippen molar-refractivity contribution in [1.29, 1.82) is 0 Å². The molecule has 0 atom stereocenters. The lowest BCUT2D eigenvalue weighted by Gasteiger charge is -2.26. The lowest BCUT2D eigenvalue weighted by Crippen LogP contribution is -2.34. The van der Waals surface area contributed by atoms with Crippen LogP contribution in [0.1, 0.15) is 31.2 Å². The number of aliphatic carboxylic acids is 1. The predicted octanol–water partition coefficient (Wildman–Crippen LogP) is 2.70. The summed E-state index contributed by atoms with van der Waals surface area (Å²) in [6.07, 6.45) is 3.38. The second-order valence-electron chi connectivity index (χ2n) is 5.07. The maximum atomic E-state index is 12.9. The van der Waals surface area contributed by atoms with Crippen molar-refractivity contribution >= 4 is 17.4 Å². The lowest BCUT2D eigenvalue weighted by atomic mass is 9.99. The fourth-order valence-electron chi connectivity index (χ4n) is 2.37. The minimum absolute atomic E-state index is 0.00865. The summed E-state index contributed by atoms with van der Waals surface area (Å²) in [5.74, 6) is -1.14. The van der Waals surface area contributed by atoms with E-state index in [1.165, 1.54) is 12.1 Å². The first-order chi connectivity index (χ1) is 10.1. The van der Waals surface area contributed by atoms with Crippen LogP contribution in [0.3, 0.4) is 0 Å². The molecule has 1 amide bonds. The number of carbonyl (C=O) groups is 2. The molecule has 0 fully saturated rings. The van der Waals surface area contributed by atoms with E-state index in [1.807, 2.05) is 6.08 Å². The van der Waals surface area contributed by atoms with Gasteiger partial charge in [0, 0.05) is 25.9 Å². The third-order valence-electron chi connectivity index (χ3n) is 3.56. The van der Waals surface area contributed by atoms with E-state index in [0.717, 1.165) is 17.6 Å². The number of hydrogen-bond acceptors (Lipinski definition) is 2. The van der Waals surface area contributed by atoms with Gasteiger partial charge in [0.15, 0.2) is 0 Å². The Labute approximate surface area is 122 Å². The molecule has 0 radical (unpaired) electrons. The van der Waals surface area contributed by atoms with Gasteiger partial charge < -0.3 is 10.0 Å². The molecule has 1 aliphatic heterocycles. The first-order valence-electron chi connectivity index (χ1n) is 7.01. The summed E-state index contributed by atoms with van der Waals surface area (Å²) in [5.41, 5.74) is 2.10. The average molecular weight is 291 g/mol. The van der Waals surface area contributed by atoms with E-state index in [-0.39, 0.29) is 24.6 Å². The van der Waals surface area contributed by atoms with Crippen LogP contribution in [0, 0.1) is 5.82 Å². The lowest BCUT2D eigenvalue weighted by molar-refractivity contribution is -0.137. The zero-order valence-electron chi connectivity index (χ0n) is 11.7. The van der Waals surface area contributed by atoms with Crippen LogP contribution in [0.5, 0.6) is 0 Å². The molecule has 112 valence electrons. The smallest absolute Gasteiger partial charge is 0.303 e. The van der Waals surface area contributed by atoms with Gasteiger partial charge in [-0.15, -0.1) is 0 Å². The normalized spacial score (nSPS) is 14.7. The fraction of sp³-hybridized carbons (Fsp3) is 0.375. The molecule has 0 saturated heterocycles. The molecule has 0 unspecified atom stereocenters. The second kappa shape index (κ2) is 7.02. The Hall–Kier alpha value is -2.17. The Morgan fingerprint density at radius 3 is 2.48 bits per heavy atom.